The number of nitrogens with zero attached hydrogens (tertiary/aromatic N) is 3. The van der Waals surface area contributed by atoms with Crippen molar-refractivity contribution in [2.75, 3.05) is 9.80 Å². The minimum absolute atomic E-state index is 0.0127. The number of fused-ring (bicyclic) bond motifs is 3. The van der Waals surface area contributed by atoms with Crippen LogP contribution in [0, 0.1) is 11.3 Å². The van der Waals surface area contributed by atoms with Gasteiger partial charge in [-0.15, -0.1) is 0 Å². The fourth-order valence-electron chi connectivity index (χ4n) is 3.45. The molecule has 1 saturated heterocycles. The summed E-state index contributed by atoms with van der Waals surface area (Å²) >= 11 is 11.4. The van der Waals surface area contributed by atoms with Crippen LogP contribution in [0.25, 0.3) is 0 Å². The number of benzene rings is 2. The van der Waals surface area contributed by atoms with Crippen molar-refractivity contribution in [1.29, 1.82) is 5.26 Å². The summed E-state index contributed by atoms with van der Waals surface area (Å²) in [5.41, 5.74) is -0.0449. The summed E-state index contributed by atoms with van der Waals surface area (Å²) in [6, 6.07) is 9.19. The fraction of sp³-hybridized carbons (Fsp3) is 0.167. The van der Waals surface area contributed by atoms with Crippen LogP contribution in [0.3, 0.4) is 0 Å². The Bertz CT molecular complexity index is 1050. The average molecular weight is 408 g/mol. The highest BCUT2D eigenvalue weighted by Crippen LogP contribution is 2.41. The zero-order valence-corrected chi connectivity index (χ0v) is 15.0. The third-order valence-electron chi connectivity index (χ3n) is 4.62. The van der Waals surface area contributed by atoms with Crippen LogP contribution in [0.15, 0.2) is 36.4 Å². The molecule has 2 aliphatic heterocycles. The lowest BCUT2D eigenvalue weighted by atomic mass is 10.1. The number of halogens is 4. The monoisotopic (exact) mass is 407 g/mol. The second kappa shape index (κ2) is 5.94. The first-order valence-electron chi connectivity index (χ1n) is 7.79. The molecule has 9 heteroatoms. The van der Waals surface area contributed by atoms with Crippen LogP contribution in [-0.4, -0.2) is 17.1 Å². The van der Waals surface area contributed by atoms with Crippen molar-refractivity contribution in [3.63, 3.8) is 0 Å². The van der Waals surface area contributed by atoms with E-state index in [0.29, 0.717) is 11.4 Å². The van der Waals surface area contributed by atoms with Gasteiger partial charge in [-0.3, -0.25) is 9.69 Å². The van der Waals surface area contributed by atoms with E-state index in [-0.39, 0.29) is 10.8 Å². The Hall–Kier alpha value is -2.63. The summed E-state index contributed by atoms with van der Waals surface area (Å²) in [6.45, 7) is 0. The molecule has 1 unspecified atom stereocenters. The molecule has 0 radical (unpaired) electrons. The topological polar surface area (TPSA) is 47.3 Å². The first-order valence-corrected chi connectivity index (χ1v) is 8.58. The second-order valence-electron chi connectivity index (χ2n) is 6.16. The highest BCUT2D eigenvalue weighted by molar-refractivity contribution is 7.81. The summed E-state index contributed by atoms with van der Waals surface area (Å²) in [6.07, 6.45) is -4.35. The van der Waals surface area contributed by atoms with Gasteiger partial charge in [0.2, 0.25) is 0 Å². The predicted octanol–water partition coefficient (Wildman–Crippen LogP) is 4.29. The van der Waals surface area contributed by atoms with Crippen molar-refractivity contribution in [2.45, 2.75) is 18.6 Å². The number of thiocarbonyl (C=S) groups is 1. The fourth-order valence-corrected chi connectivity index (χ4v) is 4.06. The van der Waals surface area contributed by atoms with E-state index in [1.165, 1.54) is 12.1 Å². The molecule has 136 valence electrons. The number of amides is 1. The summed E-state index contributed by atoms with van der Waals surface area (Å²) in [7, 11) is 0. The number of hydrogen-bond acceptors (Lipinski definition) is 3. The normalized spacial score (nSPS) is 18.6. The maximum Gasteiger partial charge on any atom is 0.417 e. The first-order chi connectivity index (χ1) is 12.7. The van der Waals surface area contributed by atoms with Gasteiger partial charge >= 0.3 is 6.18 Å². The number of nitriles is 1. The summed E-state index contributed by atoms with van der Waals surface area (Å²) in [4.78, 5) is 15.6. The van der Waals surface area contributed by atoms with Crippen LogP contribution in [0.1, 0.15) is 16.7 Å². The van der Waals surface area contributed by atoms with Crippen molar-refractivity contribution < 1.29 is 18.0 Å². The predicted molar refractivity (Wildman–Crippen MR) is 97.7 cm³/mol. The Morgan fingerprint density at radius 2 is 1.96 bits per heavy atom. The van der Waals surface area contributed by atoms with Crippen LogP contribution >= 0.6 is 23.8 Å². The second-order valence-corrected chi connectivity index (χ2v) is 6.96. The third kappa shape index (κ3) is 2.66. The largest absolute Gasteiger partial charge is 0.417 e. The molecule has 0 spiro atoms. The minimum Gasteiger partial charge on any atom is -0.305 e. The number of carbonyl (C=O) groups is 1. The molecule has 2 heterocycles. The zero-order valence-electron chi connectivity index (χ0n) is 13.4. The van der Waals surface area contributed by atoms with E-state index >= 15 is 0 Å². The lowest BCUT2D eigenvalue weighted by molar-refractivity contribution is -0.137. The lowest BCUT2D eigenvalue weighted by Gasteiger charge is -2.21. The molecule has 0 saturated carbocycles. The van der Waals surface area contributed by atoms with Crippen LogP contribution in [0.4, 0.5) is 24.5 Å². The van der Waals surface area contributed by atoms with Crippen LogP contribution in [0.2, 0.25) is 5.02 Å². The lowest BCUT2D eigenvalue weighted by Crippen LogP contribution is -2.33. The third-order valence-corrected chi connectivity index (χ3v) is 5.23. The average Bonchev–Trinajstić information content (AvgIpc) is 3.09. The Morgan fingerprint density at radius 3 is 2.63 bits per heavy atom. The molecule has 4 rings (SSSR count). The zero-order chi connectivity index (χ0) is 19.5. The first kappa shape index (κ1) is 17.8. The summed E-state index contributed by atoms with van der Waals surface area (Å²) in [5, 5.41) is 9.56. The van der Waals surface area contributed by atoms with Gasteiger partial charge in [0.1, 0.15) is 6.04 Å². The molecule has 0 aromatic heterocycles. The number of alkyl halides is 3. The number of hydrogen-bond donors (Lipinski definition) is 0. The smallest absolute Gasteiger partial charge is 0.305 e. The number of rotatable bonds is 1. The van der Waals surface area contributed by atoms with E-state index < -0.39 is 29.3 Å². The molecule has 1 amide bonds. The maximum absolute atomic E-state index is 13.3. The van der Waals surface area contributed by atoms with Crippen molar-refractivity contribution in [1.82, 2.24) is 0 Å². The van der Waals surface area contributed by atoms with Gasteiger partial charge in [-0.2, -0.15) is 18.4 Å². The number of anilines is 2. The van der Waals surface area contributed by atoms with Gasteiger partial charge in [0.15, 0.2) is 5.11 Å². The molecule has 0 N–H and O–H groups in total. The van der Waals surface area contributed by atoms with E-state index in [4.69, 9.17) is 29.1 Å². The Balaban J connectivity index is 1.77. The molecule has 4 nitrogen and oxygen atoms in total. The standard InChI is InChI=1S/C18H9ClF3N3OS/c19-11-2-4-14-10(5-11)6-15-16(26)24(17(27)25(14)15)12-3-1-9(8-23)13(7-12)18(20,21)22/h1-5,7,15H,6H2. The maximum atomic E-state index is 13.3. The molecule has 1 fully saturated rings. The Labute approximate surface area is 162 Å². The molecular weight excluding hydrogens is 399 g/mol. The summed E-state index contributed by atoms with van der Waals surface area (Å²) < 4.78 is 39.8. The van der Waals surface area contributed by atoms with Gasteiger partial charge in [0.05, 0.1) is 22.9 Å². The minimum atomic E-state index is -4.72. The Morgan fingerprint density at radius 1 is 1.22 bits per heavy atom. The molecule has 1 atom stereocenters. The molecule has 27 heavy (non-hydrogen) atoms. The van der Waals surface area contributed by atoms with Gasteiger partial charge in [-0.1, -0.05) is 11.6 Å². The molecular formula is C18H9ClF3N3OS. The van der Waals surface area contributed by atoms with Crippen molar-refractivity contribution >= 4 is 46.2 Å². The van der Waals surface area contributed by atoms with E-state index in [1.54, 1.807) is 23.1 Å². The van der Waals surface area contributed by atoms with Gasteiger partial charge < -0.3 is 4.90 Å². The summed E-state index contributed by atoms with van der Waals surface area (Å²) in [5.74, 6) is -0.412. The SMILES string of the molecule is N#Cc1ccc(N2C(=O)C3Cc4cc(Cl)ccc4N3C2=S)cc1C(F)(F)F. The van der Waals surface area contributed by atoms with Crippen LogP contribution in [0.5, 0.6) is 0 Å². The molecule has 2 aromatic carbocycles. The van der Waals surface area contributed by atoms with Gasteiger partial charge in [0, 0.05) is 17.1 Å². The van der Waals surface area contributed by atoms with Crippen molar-refractivity contribution in [3.05, 3.63) is 58.1 Å². The molecule has 2 aromatic rings. The van der Waals surface area contributed by atoms with E-state index in [9.17, 15) is 18.0 Å². The van der Waals surface area contributed by atoms with E-state index in [1.807, 2.05) is 0 Å². The van der Waals surface area contributed by atoms with Crippen molar-refractivity contribution in [2.24, 2.45) is 0 Å². The molecule has 0 aliphatic carbocycles. The number of carbonyl (C=O) groups excluding carboxylic acids is 1. The molecule has 2 aliphatic rings. The highest BCUT2D eigenvalue weighted by atomic mass is 35.5. The van der Waals surface area contributed by atoms with Crippen molar-refractivity contribution in [3.8, 4) is 6.07 Å². The van der Waals surface area contributed by atoms with Crippen LogP contribution in [-0.2, 0) is 17.4 Å². The van der Waals surface area contributed by atoms with Gasteiger partial charge in [0.25, 0.3) is 5.91 Å². The van der Waals surface area contributed by atoms with Gasteiger partial charge in [-0.25, -0.2) is 0 Å². The van der Waals surface area contributed by atoms with E-state index in [2.05, 4.69) is 0 Å². The molecule has 0 bridgehead atoms. The van der Waals surface area contributed by atoms with Gasteiger partial charge in [-0.05, 0) is 54.2 Å². The van der Waals surface area contributed by atoms with E-state index in [0.717, 1.165) is 28.3 Å². The quantitative estimate of drug-likeness (QED) is 0.661. The Kier molecular flexibility index (Phi) is 3.91. The van der Waals surface area contributed by atoms with Crippen LogP contribution < -0.4 is 9.80 Å². The highest BCUT2D eigenvalue weighted by Gasteiger charge is 2.48.